The highest BCUT2D eigenvalue weighted by Crippen LogP contribution is 2.26. The minimum Gasteiger partial charge on any atom is -0.383 e. The first kappa shape index (κ1) is 27.9. The van der Waals surface area contributed by atoms with Gasteiger partial charge in [-0.1, -0.05) is 62.2 Å². The minimum atomic E-state index is -0.406. The number of rotatable bonds is 11. The summed E-state index contributed by atoms with van der Waals surface area (Å²) in [5, 5.41) is 6.64. The van der Waals surface area contributed by atoms with Crippen molar-refractivity contribution < 1.29 is 14.3 Å². The number of nitrogens with one attached hydrogen (secondary N) is 2. The molecular formula is C29H36N4O4S. The Morgan fingerprint density at radius 3 is 2.55 bits per heavy atom. The number of nitrogens with zero attached hydrogens (tertiary/aromatic N) is 2. The number of fused-ring (bicyclic) bond motifs is 1. The maximum atomic E-state index is 13.5. The number of carbonyl (C=O) groups excluding carboxylic acids is 2. The van der Waals surface area contributed by atoms with Gasteiger partial charge in [-0.3, -0.25) is 19.0 Å². The van der Waals surface area contributed by atoms with E-state index >= 15 is 0 Å². The maximum Gasteiger partial charge on any atom is 0.262 e. The van der Waals surface area contributed by atoms with Gasteiger partial charge < -0.3 is 15.4 Å². The van der Waals surface area contributed by atoms with E-state index in [9.17, 15) is 14.4 Å². The van der Waals surface area contributed by atoms with Crippen LogP contribution in [-0.2, 0) is 16.1 Å². The van der Waals surface area contributed by atoms with Gasteiger partial charge in [-0.25, -0.2) is 4.98 Å². The van der Waals surface area contributed by atoms with E-state index in [1.54, 1.807) is 29.9 Å². The van der Waals surface area contributed by atoms with Crippen LogP contribution in [0.1, 0.15) is 61.4 Å². The molecule has 0 aliphatic heterocycles. The van der Waals surface area contributed by atoms with Crippen molar-refractivity contribution in [1.82, 2.24) is 20.2 Å². The van der Waals surface area contributed by atoms with Gasteiger partial charge in [0.1, 0.15) is 0 Å². The number of amides is 2. The first-order chi connectivity index (χ1) is 18.5. The average Bonchev–Trinajstić information content (AvgIpc) is 2.94. The second-order valence-electron chi connectivity index (χ2n) is 9.61. The van der Waals surface area contributed by atoms with Gasteiger partial charge in [0.25, 0.3) is 11.5 Å². The van der Waals surface area contributed by atoms with Crippen molar-refractivity contribution in [2.75, 3.05) is 20.3 Å². The number of hydrogen-bond donors (Lipinski definition) is 2. The fraction of sp³-hybridized carbons (Fsp3) is 0.448. The van der Waals surface area contributed by atoms with Crippen molar-refractivity contribution in [2.45, 2.75) is 68.4 Å². The molecule has 1 fully saturated rings. The van der Waals surface area contributed by atoms with E-state index in [1.165, 1.54) is 18.2 Å². The fourth-order valence-electron chi connectivity index (χ4n) is 4.68. The number of benzene rings is 2. The third-order valence-electron chi connectivity index (χ3n) is 6.84. The number of ether oxygens (including phenoxy) is 1. The van der Waals surface area contributed by atoms with Gasteiger partial charge in [0, 0.05) is 25.3 Å². The van der Waals surface area contributed by atoms with E-state index in [2.05, 4.69) is 10.6 Å². The van der Waals surface area contributed by atoms with E-state index in [-0.39, 0.29) is 30.0 Å². The average molecular weight is 537 g/mol. The van der Waals surface area contributed by atoms with Crippen LogP contribution in [0.15, 0.2) is 58.5 Å². The largest absolute Gasteiger partial charge is 0.383 e. The van der Waals surface area contributed by atoms with Gasteiger partial charge in [-0.2, -0.15) is 0 Å². The quantitative estimate of drug-likeness (QED) is 0.217. The van der Waals surface area contributed by atoms with E-state index in [4.69, 9.17) is 9.72 Å². The molecule has 2 aromatic carbocycles. The zero-order valence-electron chi connectivity index (χ0n) is 22.1. The molecule has 202 valence electrons. The number of hydrogen-bond acceptors (Lipinski definition) is 6. The predicted molar refractivity (Wildman–Crippen MR) is 151 cm³/mol. The number of carbonyl (C=O) groups is 2. The normalized spacial score (nSPS) is 14.8. The van der Waals surface area contributed by atoms with Crippen LogP contribution in [0, 0.1) is 0 Å². The molecule has 38 heavy (non-hydrogen) atoms. The topological polar surface area (TPSA) is 102 Å². The standard InChI is InChI=1S/C29H36N4O4S/c1-3-25(27(35)30-17-18-37-2)38-29-32-24-12-8-7-11-23(24)28(36)33(29)19-20-13-15-21(16-14-20)26(34)31-22-9-5-4-6-10-22/h7-8,11-16,22,25H,3-6,9-10,17-19H2,1-2H3,(H,30,35)(H,31,34). The second kappa shape index (κ2) is 13.6. The van der Waals surface area contributed by atoms with Gasteiger partial charge in [0.15, 0.2) is 5.16 Å². The van der Waals surface area contributed by atoms with Crippen LogP contribution >= 0.6 is 11.8 Å². The lowest BCUT2D eigenvalue weighted by atomic mass is 9.95. The number of aromatic nitrogens is 2. The van der Waals surface area contributed by atoms with E-state index < -0.39 is 5.25 Å². The first-order valence-electron chi connectivity index (χ1n) is 13.3. The lowest BCUT2D eigenvalue weighted by Crippen LogP contribution is -2.36. The number of para-hydroxylation sites is 1. The predicted octanol–water partition coefficient (Wildman–Crippen LogP) is 4.14. The zero-order chi connectivity index (χ0) is 26.9. The van der Waals surface area contributed by atoms with E-state index in [0.717, 1.165) is 31.2 Å². The Kier molecular flexibility index (Phi) is 9.95. The van der Waals surface area contributed by atoms with Crippen LogP contribution < -0.4 is 16.2 Å². The summed E-state index contributed by atoms with van der Waals surface area (Å²) in [5.41, 5.74) is 1.92. The summed E-state index contributed by atoms with van der Waals surface area (Å²) in [7, 11) is 1.59. The third kappa shape index (κ3) is 7.02. The molecule has 3 aromatic rings. The summed E-state index contributed by atoms with van der Waals surface area (Å²) in [6.45, 7) is 3.07. The molecule has 1 aliphatic rings. The Morgan fingerprint density at radius 1 is 1.11 bits per heavy atom. The second-order valence-corrected chi connectivity index (χ2v) is 10.8. The van der Waals surface area contributed by atoms with Crippen molar-refractivity contribution in [3.8, 4) is 0 Å². The highest BCUT2D eigenvalue weighted by molar-refractivity contribution is 8.00. The van der Waals surface area contributed by atoms with Crippen molar-refractivity contribution >= 4 is 34.5 Å². The summed E-state index contributed by atoms with van der Waals surface area (Å²) in [6.07, 6.45) is 6.20. The van der Waals surface area contributed by atoms with Gasteiger partial charge in [-0.05, 0) is 49.1 Å². The van der Waals surface area contributed by atoms with Crippen LogP contribution in [-0.4, -0.2) is 52.9 Å². The molecule has 9 heteroatoms. The molecule has 1 aromatic heterocycles. The zero-order valence-corrected chi connectivity index (χ0v) is 22.9. The van der Waals surface area contributed by atoms with Crippen molar-refractivity contribution in [3.63, 3.8) is 0 Å². The Hall–Kier alpha value is -3.17. The van der Waals surface area contributed by atoms with Gasteiger partial charge in [-0.15, -0.1) is 0 Å². The highest BCUT2D eigenvalue weighted by Gasteiger charge is 2.22. The molecule has 2 amide bonds. The third-order valence-corrected chi connectivity index (χ3v) is 8.19. The monoisotopic (exact) mass is 536 g/mol. The maximum absolute atomic E-state index is 13.5. The van der Waals surface area contributed by atoms with Gasteiger partial charge in [0.05, 0.1) is 29.3 Å². The SMILES string of the molecule is CCC(Sc1nc2ccccc2c(=O)n1Cc1ccc(C(=O)NC2CCCCC2)cc1)C(=O)NCCOC. The van der Waals surface area contributed by atoms with Crippen molar-refractivity contribution in [3.05, 3.63) is 70.0 Å². The molecule has 0 saturated heterocycles. The summed E-state index contributed by atoms with van der Waals surface area (Å²) < 4.78 is 6.65. The highest BCUT2D eigenvalue weighted by atomic mass is 32.2. The molecule has 1 heterocycles. The molecule has 0 bridgehead atoms. The molecule has 2 N–H and O–H groups in total. The molecule has 0 radical (unpaired) electrons. The molecule has 8 nitrogen and oxygen atoms in total. The van der Waals surface area contributed by atoms with Crippen molar-refractivity contribution in [2.24, 2.45) is 0 Å². The molecule has 1 unspecified atom stereocenters. The minimum absolute atomic E-state index is 0.0606. The van der Waals surface area contributed by atoms with Crippen LogP contribution in [0.25, 0.3) is 10.9 Å². The lowest BCUT2D eigenvalue weighted by Gasteiger charge is -2.22. The number of thioether (sulfide) groups is 1. The summed E-state index contributed by atoms with van der Waals surface area (Å²) in [6, 6.07) is 14.8. The molecule has 0 spiro atoms. The molecule has 4 rings (SSSR count). The molecule has 1 aliphatic carbocycles. The molecule has 1 atom stereocenters. The van der Waals surface area contributed by atoms with E-state index in [1.807, 2.05) is 37.3 Å². The summed E-state index contributed by atoms with van der Waals surface area (Å²) >= 11 is 1.29. The summed E-state index contributed by atoms with van der Waals surface area (Å²) in [5.74, 6) is -0.175. The Morgan fingerprint density at radius 2 is 1.84 bits per heavy atom. The Labute approximate surface area is 227 Å². The molecule has 1 saturated carbocycles. The van der Waals surface area contributed by atoms with Crippen molar-refractivity contribution in [1.29, 1.82) is 0 Å². The van der Waals surface area contributed by atoms with Gasteiger partial charge >= 0.3 is 0 Å². The van der Waals surface area contributed by atoms with Crippen LogP contribution in [0.5, 0.6) is 0 Å². The van der Waals surface area contributed by atoms with Crippen LogP contribution in [0.4, 0.5) is 0 Å². The van der Waals surface area contributed by atoms with Gasteiger partial charge in [0.2, 0.25) is 5.91 Å². The first-order valence-corrected chi connectivity index (χ1v) is 14.2. The fourth-order valence-corrected chi connectivity index (χ4v) is 5.71. The Balaban J connectivity index is 1.56. The smallest absolute Gasteiger partial charge is 0.262 e. The lowest BCUT2D eigenvalue weighted by molar-refractivity contribution is -0.120. The van der Waals surface area contributed by atoms with Crippen LogP contribution in [0.2, 0.25) is 0 Å². The summed E-state index contributed by atoms with van der Waals surface area (Å²) in [4.78, 5) is 43.8. The van der Waals surface area contributed by atoms with E-state index in [0.29, 0.717) is 41.2 Å². The molecular weight excluding hydrogens is 500 g/mol. The Bertz CT molecular complexity index is 1300. The number of methoxy groups -OCH3 is 1. The van der Waals surface area contributed by atoms with Crippen LogP contribution in [0.3, 0.4) is 0 Å².